The van der Waals surface area contributed by atoms with E-state index in [2.05, 4.69) is 21.0 Å². The van der Waals surface area contributed by atoms with Crippen LogP contribution in [0.2, 0.25) is 0 Å². The first-order chi connectivity index (χ1) is 6.20. The molecule has 0 aliphatic carbocycles. The lowest BCUT2D eigenvalue weighted by molar-refractivity contribution is 0.402. The fourth-order valence-corrected chi connectivity index (χ4v) is 1.43. The first kappa shape index (κ1) is 10.2. The third-order valence-corrected chi connectivity index (χ3v) is 2.34. The minimum atomic E-state index is -0.152. The number of hydrogen-bond donors (Lipinski definition) is 0. The summed E-state index contributed by atoms with van der Waals surface area (Å²) in [6.45, 7) is 2.62. The van der Waals surface area contributed by atoms with Crippen molar-refractivity contribution in [1.29, 1.82) is 0 Å². The number of methoxy groups -OCH3 is 1. The van der Waals surface area contributed by atoms with E-state index < -0.39 is 0 Å². The summed E-state index contributed by atoms with van der Waals surface area (Å²) in [6, 6.07) is 0. The molecule has 0 N–H and O–H groups in total. The molecular formula is C8H11BrN2O2. The molecule has 0 radical (unpaired) electrons. The molecule has 0 spiro atoms. The summed E-state index contributed by atoms with van der Waals surface area (Å²) in [4.78, 5) is 11.5. The summed E-state index contributed by atoms with van der Waals surface area (Å²) >= 11 is 3.16. The van der Waals surface area contributed by atoms with Gasteiger partial charge >= 0.3 is 0 Å². The number of ether oxygens (including phenoxy) is 1. The van der Waals surface area contributed by atoms with Gasteiger partial charge in [-0.3, -0.25) is 4.79 Å². The average Bonchev–Trinajstić information content (AvgIpc) is 2.14. The van der Waals surface area contributed by atoms with E-state index in [-0.39, 0.29) is 5.56 Å². The lowest BCUT2D eigenvalue weighted by atomic mass is 10.4. The number of nitrogens with zero attached hydrogens (tertiary/aromatic N) is 2. The van der Waals surface area contributed by atoms with E-state index in [1.807, 2.05) is 6.92 Å². The molecule has 4 nitrogen and oxygen atoms in total. The van der Waals surface area contributed by atoms with Gasteiger partial charge in [-0.05, 0) is 22.4 Å². The minimum absolute atomic E-state index is 0.152. The molecule has 0 aromatic carbocycles. The lowest BCUT2D eigenvalue weighted by Gasteiger charge is -2.05. The standard InChI is InChI=1S/C8H11BrN2O2/c1-3-4-11-8(12)7(9)6(13-2)5-10-11/h5H,3-4H2,1-2H3. The zero-order chi connectivity index (χ0) is 9.84. The van der Waals surface area contributed by atoms with E-state index in [1.54, 1.807) is 0 Å². The Kier molecular flexibility index (Phi) is 3.48. The number of halogens is 1. The fourth-order valence-electron chi connectivity index (χ4n) is 0.963. The van der Waals surface area contributed by atoms with Crippen molar-refractivity contribution in [3.05, 3.63) is 21.0 Å². The second kappa shape index (κ2) is 4.41. The Bertz CT molecular complexity index is 348. The van der Waals surface area contributed by atoms with Crippen molar-refractivity contribution in [2.45, 2.75) is 19.9 Å². The van der Waals surface area contributed by atoms with Gasteiger partial charge in [-0.2, -0.15) is 5.10 Å². The van der Waals surface area contributed by atoms with Crippen molar-refractivity contribution in [2.75, 3.05) is 7.11 Å². The highest BCUT2D eigenvalue weighted by atomic mass is 79.9. The molecule has 0 atom stereocenters. The molecule has 1 aromatic rings. The van der Waals surface area contributed by atoms with Crippen LogP contribution in [-0.4, -0.2) is 16.9 Å². The molecule has 0 amide bonds. The average molecular weight is 247 g/mol. The Morgan fingerprint density at radius 1 is 1.69 bits per heavy atom. The van der Waals surface area contributed by atoms with Gasteiger partial charge in [0.15, 0.2) is 5.75 Å². The van der Waals surface area contributed by atoms with Crippen LogP contribution in [-0.2, 0) is 6.54 Å². The van der Waals surface area contributed by atoms with E-state index in [4.69, 9.17) is 4.74 Å². The maximum absolute atomic E-state index is 11.5. The highest BCUT2D eigenvalue weighted by molar-refractivity contribution is 9.10. The van der Waals surface area contributed by atoms with E-state index in [1.165, 1.54) is 18.0 Å². The van der Waals surface area contributed by atoms with E-state index in [0.717, 1.165) is 6.42 Å². The van der Waals surface area contributed by atoms with Crippen molar-refractivity contribution in [3.63, 3.8) is 0 Å². The summed E-state index contributed by atoms with van der Waals surface area (Å²) in [7, 11) is 1.51. The molecule has 1 rings (SSSR count). The number of rotatable bonds is 3. The second-order valence-electron chi connectivity index (χ2n) is 2.56. The van der Waals surface area contributed by atoms with Crippen LogP contribution in [0.1, 0.15) is 13.3 Å². The monoisotopic (exact) mass is 246 g/mol. The summed E-state index contributed by atoms with van der Waals surface area (Å²) < 4.78 is 6.77. The third kappa shape index (κ3) is 2.09. The predicted molar refractivity (Wildman–Crippen MR) is 53.0 cm³/mol. The molecule has 1 aromatic heterocycles. The molecule has 0 aliphatic rings. The lowest BCUT2D eigenvalue weighted by Crippen LogP contribution is -2.23. The smallest absolute Gasteiger partial charge is 0.284 e. The van der Waals surface area contributed by atoms with Gasteiger partial charge in [-0.15, -0.1) is 0 Å². The molecule has 0 bridgehead atoms. The van der Waals surface area contributed by atoms with Crippen LogP contribution in [0.25, 0.3) is 0 Å². The van der Waals surface area contributed by atoms with Gasteiger partial charge < -0.3 is 4.74 Å². The Labute approximate surface area is 84.7 Å². The van der Waals surface area contributed by atoms with Gasteiger partial charge in [-0.25, -0.2) is 4.68 Å². The van der Waals surface area contributed by atoms with Crippen molar-refractivity contribution in [1.82, 2.24) is 9.78 Å². The molecular weight excluding hydrogens is 236 g/mol. The van der Waals surface area contributed by atoms with Crippen LogP contribution >= 0.6 is 15.9 Å². The van der Waals surface area contributed by atoms with E-state index >= 15 is 0 Å². The quantitative estimate of drug-likeness (QED) is 0.811. The molecule has 0 saturated carbocycles. The molecule has 0 unspecified atom stereocenters. The van der Waals surface area contributed by atoms with Gasteiger partial charge in [0.2, 0.25) is 0 Å². The number of aryl methyl sites for hydroxylation is 1. The van der Waals surface area contributed by atoms with Crippen molar-refractivity contribution in [3.8, 4) is 5.75 Å². The van der Waals surface area contributed by atoms with Crippen LogP contribution in [0.4, 0.5) is 0 Å². The van der Waals surface area contributed by atoms with Gasteiger partial charge in [0, 0.05) is 6.54 Å². The van der Waals surface area contributed by atoms with Crippen LogP contribution in [0, 0.1) is 0 Å². The predicted octanol–water partition coefficient (Wildman–Crippen LogP) is 1.42. The Hall–Kier alpha value is -0.840. The SMILES string of the molecule is CCCn1ncc(OC)c(Br)c1=O. The summed E-state index contributed by atoms with van der Waals surface area (Å²) in [6.07, 6.45) is 2.41. The van der Waals surface area contributed by atoms with Crippen LogP contribution in [0.5, 0.6) is 5.75 Å². The second-order valence-corrected chi connectivity index (χ2v) is 3.35. The first-order valence-electron chi connectivity index (χ1n) is 4.00. The fraction of sp³-hybridized carbons (Fsp3) is 0.500. The summed E-state index contributed by atoms with van der Waals surface area (Å²) in [5.74, 6) is 0.470. The van der Waals surface area contributed by atoms with Crippen LogP contribution in [0.3, 0.4) is 0 Å². The molecule has 1 heterocycles. The highest BCUT2D eigenvalue weighted by Crippen LogP contribution is 2.17. The summed E-state index contributed by atoms with van der Waals surface area (Å²) in [5.41, 5.74) is -0.152. The molecule has 5 heteroatoms. The molecule has 0 saturated heterocycles. The largest absolute Gasteiger partial charge is 0.494 e. The zero-order valence-electron chi connectivity index (χ0n) is 7.58. The summed E-state index contributed by atoms with van der Waals surface area (Å²) in [5, 5.41) is 3.95. The molecule has 0 aliphatic heterocycles. The Morgan fingerprint density at radius 3 is 2.92 bits per heavy atom. The number of aromatic nitrogens is 2. The molecule has 0 fully saturated rings. The van der Waals surface area contributed by atoms with Gasteiger partial charge in [0.05, 0.1) is 13.3 Å². The van der Waals surface area contributed by atoms with Crippen molar-refractivity contribution in [2.24, 2.45) is 0 Å². The molecule has 13 heavy (non-hydrogen) atoms. The Balaban J connectivity index is 3.16. The van der Waals surface area contributed by atoms with Crippen LogP contribution < -0.4 is 10.3 Å². The first-order valence-corrected chi connectivity index (χ1v) is 4.79. The number of hydrogen-bond acceptors (Lipinski definition) is 3. The normalized spacial score (nSPS) is 10.1. The zero-order valence-corrected chi connectivity index (χ0v) is 9.17. The van der Waals surface area contributed by atoms with Gasteiger partial charge in [0.25, 0.3) is 5.56 Å². The van der Waals surface area contributed by atoms with E-state index in [0.29, 0.717) is 16.8 Å². The molecule has 72 valence electrons. The topological polar surface area (TPSA) is 44.1 Å². The van der Waals surface area contributed by atoms with E-state index in [9.17, 15) is 4.79 Å². The van der Waals surface area contributed by atoms with Gasteiger partial charge in [-0.1, -0.05) is 6.92 Å². The maximum atomic E-state index is 11.5. The maximum Gasteiger partial charge on any atom is 0.284 e. The highest BCUT2D eigenvalue weighted by Gasteiger charge is 2.07. The van der Waals surface area contributed by atoms with Crippen molar-refractivity contribution >= 4 is 15.9 Å². The minimum Gasteiger partial charge on any atom is -0.494 e. The van der Waals surface area contributed by atoms with Gasteiger partial charge in [0.1, 0.15) is 4.47 Å². The van der Waals surface area contributed by atoms with Crippen molar-refractivity contribution < 1.29 is 4.74 Å². The van der Waals surface area contributed by atoms with Crippen LogP contribution in [0.15, 0.2) is 15.5 Å². The third-order valence-electron chi connectivity index (χ3n) is 1.61. The Morgan fingerprint density at radius 2 is 2.38 bits per heavy atom.